The molecule has 4 heterocycles. The summed E-state index contributed by atoms with van der Waals surface area (Å²) in [5.74, 6) is -1.56. The zero-order chi connectivity index (χ0) is 19.3. The summed E-state index contributed by atoms with van der Waals surface area (Å²) >= 11 is 1.22. The molecule has 0 aliphatic carbocycles. The quantitative estimate of drug-likeness (QED) is 0.521. The second-order valence-corrected chi connectivity index (χ2v) is 7.02. The fourth-order valence-corrected chi connectivity index (χ4v) is 3.98. The number of hydrogen-bond acceptors (Lipinski definition) is 7. The topological polar surface area (TPSA) is 96.8 Å². The molecule has 1 aliphatic heterocycles. The normalized spacial score (nSPS) is 17.1. The summed E-state index contributed by atoms with van der Waals surface area (Å²) in [4.78, 5) is 31.4. The highest BCUT2D eigenvalue weighted by Gasteiger charge is 2.47. The minimum atomic E-state index is -0.936. The first-order valence-electron chi connectivity index (χ1n) is 8.38. The summed E-state index contributed by atoms with van der Waals surface area (Å²) in [6.07, 6.45) is 2.99. The van der Waals surface area contributed by atoms with Gasteiger partial charge in [0.25, 0.3) is 5.91 Å². The van der Waals surface area contributed by atoms with Crippen LogP contribution >= 0.6 is 11.3 Å². The Morgan fingerprint density at radius 2 is 2.07 bits per heavy atom. The van der Waals surface area contributed by atoms with Crippen molar-refractivity contribution in [1.29, 1.82) is 0 Å². The van der Waals surface area contributed by atoms with Gasteiger partial charge in [0.15, 0.2) is 16.7 Å². The van der Waals surface area contributed by atoms with Gasteiger partial charge in [-0.05, 0) is 24.3 Å². The number of anilines is 1. The molecule has 1 aromatic carbocycles. The third kappa shape index (κ3) is 2.39. The molecule has 0 bridgehead atoms. The van der Waals surface area contributed by atoms with Crippen molar-refractivity contribution in [2.45, 2.75) is 6.04 Å². The SMILES string of the molecule is O=C(C1=C(O)C(=O)N(c2nccs2)C1c1ccco1)c1cc2ccccc2o1. The summed E-state index contributed by atoms with van der Waals surface area (Å²) in [5, 5.41) is 13.4. The summed E-state index contributed by atoms with van der Waals surface area (Å²) in [6.45, 7) is 0. The molecule has 138 valence electrons. The Morgan fingerprint density at radius 3 is 2.79 bits per heavy atom. The van der Waals surface area contributed by atoms with Crippen molar-refractivity contribution >= 4 is 39.1 Å². The van der Waals surface area contributed by atoms with Crippen LogP contribution in [0.2, 0.25) is 0 Å². The van der Waals surface area contributed by atoms with Gasteiger partial charge in [-0.1, -0.05) is 18.2 Å². The summed E-state index contributed by atoms with van der Waals surface area (Å²) < 4.78 is 11.1. The van der Waals surface area contributed by atoms with Crippen LogP contribution in [0.4, 0.5) is 5.13 Å². The molecule has 4 aromatic rings. The van der Waals surface area contributed by atoms with E-state index in [1.165, 1.54) is 22.5 Å². The number of carbonyl (C=O) groups is 2. The average molecular weight is 392 g/mol. The van der Waals surface area contributed by atoms with Crippen LogP contribution in [-0.2, 0) is 4.79 Å². The Labute approximate surface area is 162 Å². The molecule has 0 spiro atoms. The Kier molecular flexibility index (Phi) is 3.66. The van der Waals surface area contributed by atoms with Gasteiger partial charge in [0.1, 0.15) is 17.4 Å². The lowest BCUT2D eigenvalue weighted by molar-refractivity contribution is -0.117. The predicted octanol–water partition coefficient (Wildman–Crippen LogP) is 4.27. The van der Waals surface area contributed by atoms with Gasteiger partial charge in [-0.2, -0.15) is 0 Å². The Bertz CT molecular complexity index is 1190. The van der Waals surface area contributed by atoms with Gasteiger partial charge in [-0.3, -0.25) is 14.5 Å². The lowest BCUT2D eigenvalue weighted by atomic mass is 10.00. The maximum absolute atomic E-state index is 13.2. The zero-order valence-corrected chi connectivity index (χ0v) is 15.1. The van der Waals surface area contributed by atoms with Gasteiger partial charge >= 0.3 is 0 Å². The second-order valence-electron chi connectivity index (χ2n) is 6.15. The van der Waals surface area contributed by atoms with Crippen LogP contribution in [0.1, 0.15) is 22.4 Å². The van der Waals surface area contributed by atoms with E-state index in [1.54, 1.807) is 41.9 Å². The number of hydrogen-bond donors (Lipinski definition) is 1. The smallest absolute Gasteiger partial charge is 0.296 e. The molecule has 3 aromatic heterocycles. The highest BCUT2D eigenvalue weighted by atomic mass is 32.1. The third-order valence-electron chi connectivity index (χ3n) is 4.54. The fraction of sp³-hybridized carbons (Fsp3) is 0.0500. The van der Waals surface area contributed by atoms with Crippen molar-refractivity contribution < 1.29 is 23.5 Å². The molecule has 1 N–H and O–H groups in total. The van der Waals surface area contributed by atoms with E-state index in [0.29, 0.717) is 16.5 Å². The van der Waals surface area contributed by atoms with Crippen molar-refractivity contribution in [2.24, 2.45) is 0 Å². The van der Waals surface area contributed by atoms with E-state index in [9.17, 15) is 14.7 Å². The average Bonchev–Trinajstić information content (AvgIpc) is 3.49. The Hall–Kier alpha value is -3.65. The van der Waals surface area contributed by atoms with Gasteiger partial charge in [0.2, 0.25) is 5.78 Å². The van der Waals surface area contributed by atoms with Crippen molar-refractivity contribution in [3.05, 3.63) is 83.2 Å². The molecule has 1 aliphatic rings. The van der Waals surface area contributed by atoms with Crippen LogP contribution in [0, 0.1) is 0 Å². The molecule has 1 amide bonds. The number of nitrogens with zero attached hydrogens (tertiary/aromatic N) is 2. The minimum Gasteiger partial charge on any atom is -0.503 e. The van der Waals surface area contributed by atoms with E-state index < -0.39 is 23.5 Å². The minimum absolute atomic E-state index is 0.0353. The lowest BCUT2D eigenvalue weighted by Crippen LogP contribution is -2.30. The monoisotopic (exact) mass is 392 g/mol. The highest BCUT2D eigenvalue weighted by Crippen LogP contribution is 2.42. The number of aliphatic hydroxyl groups excluding tert-OH is 1. The number of furan rings is 2. The van der Waals surface area contributed by atoms with Crippen molar-refractivity contribution in [1.82, 2.24) is 4.98 Å². The molecular weight excluding hydrogens is 380 g/mol. The van der Waals surface area contributed by atoms with Crippen LogP contribution in [0.25, 0.3) is 11.0 Å². The third-order valence-corrected chi connectivity index (χ3v) is 5.31. The Balaban J connectivity index is 1.65. The molecule has 0 radical (unpaired) electrons. The van der Waals surface area contributed by atoms with E-state index >= 15 is 0 Å². The van der Waals surface area contributed by atoms with Crippen LogP contribution in [0.15, 0.2) is 80.5 Å². The molecule has 5 rings (SSSR count). The van der Waals surface area contributed by atoms with Crippen LogP contribution in [0.3, 0.4) is 0 Å². The van der Waals surface area contributed by atoms with E-state index in [2.05, 4.69) is 4.98 Å². The van der Waals surface area contributed by atoms with Crippen molar-refractivity contribution in [3.63, 3.8) is 0 Å². The molecule has 0 fully saturated rings. The number of thiazole rings is 1. The summed E-state index contributed by atoms with van der Waals surface area (Å²) in [6, 6.07) is 11.1. The van der Waals surface area contributed by atoms with E-state index in [-0.39, 0.29) is 11.3 Å². The highest BCUT2D eigenvalue weighted by molar-refractivity contribution is 7.13. The second kappa shape index (κ2) is 6.21. The number of amides is 1. The maximum Gasteiger partial charge on any atom is 0.296 e. The molecule has 0 saturated carbocycles. The van der Waals surface area contributed by atoms with Gasteiger partial charge in [-0.15, -0.1) is 11.3 Å². The number of carbonyl (C=O) groups excluding carboxylic acids is 2. The van der Waals surface area contributed by atoms with Gasteiger partial charge in [0, 0.05) is 17.0 Å². The van der Waals surface area contributed by atoms with Gasteiger partial charge < -0.3 is 13.9 Å². The molecule has 0 saturated heterocycles. The first kappa shape index (κ1) is 16.5. The van der Waals surface area contributed by atoms with E-state index in [1.807, 2.05) is 12.1 Å². The van der Waals surface area contributed by atoms with Gasteiger partial charge in [-0.25, -0.2) is 4.98 Å². The number of aromatic nitrogens is 1. The first-order chi connectivity index (χ1) is 13.6. The standard InChI is InChI=1S/C20H12N2O5S/c23-17(14-10-11-4-1-2-5-12(11)27-14)15-16(13-6-3-8-26-13)22(19(25)18(15)24)20-21-7-9-28-20/h1-10,16,24H. The summed E-state index contributed by atoms with van der Waals surface area (Å²) in [7, 11) is 0. The van der Waals surface area contributed by atoms with Crippen LogP contribution in [0.5, 0.6) is 0 Å². The number of rotatable bonds is 4. The number of fused-ring (bicyclic) bond motifs is 1. The molecule has 1 atom stereocenters. The van der Waals surface area contributed by atoms with Crippen molar-refractivity contribution in [3.8, 4) is 0 Å². The number of ketones is 1. The molecule has 28 heavy (non-hydrogen) atoms. The van der Waals surface area contributed by atoms with Crippen LogP contribution < -0.4 is 4.90 Å². The zero-order valence-electron chi connectivity index (χ0n) is 14.2. The summed E-state index contributed by atoms with van der Waals surface area (Å²) in [5.41, 5.74) is 0.441. The molecule has 8 heteroatoms. The largest absolute Gasteiger partial charge is 0.503 e. The lowest BCUT2D eigenvalue weighted by Gasteiger charge is -2.21. The number of para-hydroxylation sites is 1. The Morgan fingerprint density at radius 1 is 1.21 bits per heavy atom. The molecule has 1 unspecified atom stereocenters. The molecular formula is C20H12N2O5S. The number of benzene rings is 1. The maximum atomic E-state index is 13.2. The predicted molar refractivity (Wildman–Crippen MR) is 101 cm³/mol. The fourth-order valence-electron chi connectivity index (χ4n) is 3.31. The number of aliphatic hydroxyl groups is 1. The van der Waals surface area contributed by atoms with E-state index in [4.69, 9.17) is 8.83 Å². The van der Waals surface area contributed by atoms with Crippen LogP contribution in [-0.4, -0.2) is 21.8 Å². The first-order valence-corrected chi connectivity index (χ1v) is 9.26. The van der Waals surface area contributed by atoms with Gasteiger partial charge in [0.05, 0.1) is 11.8 Å². The molecule has 7 nitrogen and oxygen atoms in total. The van der Waals surface area contributed by atoms with E-state index in [0.717, 1.165) is 5.39 Å². The van der Waals surface area contributed by atoms with Crippen molar-refractivity contribution in [2.75, 3.05) is 4.90 Å². The number of Topliss-reactive ketones (excluding diaryl/α,β-unsaturated/α-hetero) is 1.